The Morgan fingerprint density at radius 3 is 2.55 bits per heavy atom. The van der Waals surface area contributed by atoms with Gasteiger partial charge in [0, 0.05) is 20.2 Å². The molecule has 110 valence electrons. The molecule has 1 aromatic carbocycles. The minimum atomic E-state index is -0.724. The van der Waals surface area contributed by atoms with E-state index in [1.165, 1.54) is 7.11 Å². The number of hydrogen-bond acceptors (Lipinski definition) is 3. The summed E-state index contributed by atoms with van der Waals surface area (Å²) in [6.45, 7) is 0.971. The quantitative estimate of drug-likeness (QED) is 0.865. The summed E-state index contributed by atoms with van der Waals surface area (Å²) in [5.41, 5.74) is 0.344. The molecule has 1 aliphatic rings. The lowest BCUT2D eigenvalue weighted by Gasteiger charge is -2.31. The van der Waals surface area contributed by atoms with E-state index < -0.39 is 5.60 Å². The third-order valence-corrected chi connectivity index (χ3v) is 3.86. The summed E-state index contributed by atoms with van der Waals surface area (Å²) in [4.78, 5) is 13.9. The van der Waals surface area contributed by atoms with Crippen LogP contribution in [0.25, 0.3) is 0 Å². The lowest BCUT2D eigenvalue weighted by atomic mass is 10.0. The zero-order valence-electron chi connectivity index (χ0n) is 12.0. The van der Waals surface area contributed by atoms with Crippen molar-refractivity contribution in [3.8, 4) is 0 Å². The first-order valence-electron chi connectivity index (χ1n) is 7.16. The number of amides is 1. The predicted molar refractivity (Wildman–Crippen MR) is 77.2 cm³/mol. The second-order valence-electron chi connectivity index (χ2n) is 5.60. The Morgan fingerprint density at radius 2 is 1.95 bits per heavy atom. The molecule has 0 aliphatic heterocycles. The molecule has 1 saturated carbocycles. The Kier molecular flexibility index (Phi) is 5.15. The van der Waals surface area contributed by atoms with Gasteiger partial charge < -0.3 is 14.7 Å². The van der Waals surface area contributed by atoms with E-state index in [1.54, 1.807) is 4.90 Å². The topological polar surface area (TPSA) is 49.8 Å². The molecule has 1 fully saturated rings. The Labute approximate surface area is 120 Å². The number of carbonyl (C=O) groups is 1. The number of hydrogen-bond donors (Lipinski definition) is 1. The fourth-order valence-corrected chi connectivity index (χ4v) is 2.80. The molecule has 0 radical (unpaired) electrons. The van der Waals surface area contributed by atoms with Crippen LogP contribution in [-0.4, -0.2) is 41.8 Å². The molecular formula is C16H23NO3. The molecule has 4 heteroatoms. The molecule has 0 spiro atoms. The minimum Gasteiger partial charge on any atom is -0.388 e. The lowest BCUT2D eigenvalue weighted by molar-refractivity contribution is -0.139. The molecule has 0 bridgehead atoms. The van der Waals surface area contributed by atoms with Gasteiger partial charge in [0.25, 0.3) is 0 Å². The molecule has 1 N–H and O–H groups in total. The number of carbonyl (C=O) groups excluding carboxylic acids is 1. The van der Waals surface area contributed by atoms with Gasteiger partial charge in [-0.15, -0.1) is 0 Å². The van der Waals surface area contributed by atoms with E-state index >= 15 is 0 Å². The minimum absolute atomic E-state index is 0.0584. The molecule has 0 unspecified atom stereocenters. The summed E-state index contributed by atoms with van der Waals surface area (Å²) in [6.07, 6.45) is 3.62. The molecular weight excluding hydrogens is 254 g/mol. The molecule has 0 heterocycles. The van der Waals surface area contributed by atoms with Crippen molar-refractivity contribution >= 4 is 5.91 Å². The number of nitrogens with zero attached hydrogens (tertiary/aromatic N) is 1. The van der Waals surface area contributed by atoms with Crippen LogP contribution in [0.5, 0.6) is 0 Å². The van der Waals surface area contributed by atoms with Crippen LogP contribution in [0.3, 0.4) is 0 Å². The maximum atomic E-state index is 12.2. The lowest BCUT2D eigenvalue weighted by Crippen LogP contribution is -2.45. The van der Waals surface area contributed by atoms with Gasteiger partial charge in [0.15, 0.2) is 0 Å². The molecule has 4 nitrogen and oxygen atoms in total. The molecule has 1 amide bonds. The zero-order chi connectivity index (χ0) is 14.4. The molecule has 0 aromatic heterocycles. The summed E-state index contributed by atoms with van der Waals surface area (Å²) >= 11 is 0. The van der Waals surface area contributed by atoms with Gasteiger partial charge in [0.1, 0.15) is 6.61 Å². The number of benzene rings is 1. The van der Waals surface area contributed by atoms with Gasteiger partial charge >= 0.3 is 0 Å². The first-order chi connectivity index (χ1) is 9.63. The number of methoxy groups -OCH3 is 1. The highest BCUT2D eigenvalue weighted by molar-refractivity contribution is 5.77. The van der Waals surface area contributed by atoms with E-state index in [1.807, 2.05) is 30.3 Å². The van der Waals surface area contributed by atoms with Gasteiger partial charge in [-0.2, -0.15) is 0 Å². The van der Waals surface area contributed by atoms with Crippen molar-refractivity contribution in [1.29, 1.82) is 0 Å². The van der Waals surface area contributed by atoms with Crippen molar-refractivity contribution < 1.29 is 14.6 Å². The van der Waals surface area contributed by atoms with Crippen LogP contribution in [0.1, 0.15) is 31.2 Å². The van der Waals surface area contributed by atoms with E-state index in [4.69, 9.17) is 4.74 Å². The van der Waals surface area contributed by atoms with Gasteiger partial charge in [-0.3, -0.25) is 4.79 Å². The molecule has 20 heavy (non-hydrogen) atoms. The highest BCUT2D eigenvalue weighted by atomic mass is 16.5. The zero-order valence-corrected chi connectivity index (χ0v) is 12.0. The smallest absolute Gasteiger partial charge is 0.248 e. The summed E-state index contributed by atoms with van der Waals surface area (Å²) in [6, 6.07) is 9.85. The van der Waals surface area contributed by atoms with Crippen LogP contribution in [0.2, 0.25) is 0 Å². The van der Waals surface area contributed by atoms with E-state index in [0.29, 0.717) is 13.1 Å². The molecule has 1 aromatic rings. The SMILES string of the molecule is COCC(=O)N(Cc1ccccc1)CC1(O)CCCC1. The van der Waals surface area contributed by atoms with Crippen molar-refractivity contribution in [2.24, 2.45) is 0 Å². The van der Waals surface area contributed by atoms with Crippen LogP contribution in [0.15, 0.2) is 30.3 Å². The Morgan fingerprint density at radius 1 is 1.30 bits per heavy atom. The first-order valence-corrected chi connectivity index (χ1v) is 7.16. The average Bonchev–Trinajstić information content (AvgIpc) is 2.86. The summed E-state index contributed by atoms with van der Waals surface area (Å²) in [5, 5.41) is 10.5. The third-order valence-electron chi connectivity index (χ3n) is 3.86. The van der Waals surface area contributed by atoms with Gasteiger partial charge in [-0.1, -0.05) is 43.2 Å². The standard InChI is InChI=1S/C16H23NO3/c1-20-12-15(18)17(11-14-7-3-2-4-8-14)13-16(19)9-5-6-10-16/h2-4,7-8,19H,5-6,9-13H2,1H3. The first kappa shape index (κ1) is 15.0. The molecule has 0 atom stereocenters. The third kappa shape index (κ3) is 4.05. The van der Waals surface area contributed by atoms with Crippen molar-refractivity contribution in [2.75, 3.05) is 20.3 Å². The van der Waals surface area contributed by atoms with E-state index in [0.717, 1.165) is 31.2 Å². The second-order valence-corrected chi connectivity index (χ2v) is 5.60. The van der Waals surface area contributed by atoms with Gasteiger partial charge in [0.2, 0.25) is 5.91 Å². The van der Waals surface area contributed by atoms with Crippen LogP contribution >= 0.6 is 0 Å². The normalized spacial score (nSPS) is 17.1. The highest BCUT2D eigenvalue weighted by Gasteiger charge is 2.34. The maximum Gasteiger partial charge on any atom is 0.248 e. The van der Waals surface area contributed by atoms with Gasteiger partial charge in [-0.25, -0.2) is 0 Å². The van der Waals surface area contributed by atoms with Crippen molar-refractivity contribution in [3.63, 3.8) is 0 Å². The maximum absolute atomic E-state index is 12.2. The Bertz CT molecular complexity index is 427. The largest absolute Gasteiger partial charge is 0.388 e. The van der Waals surface area contributed by atoms with Crippen LogP contribution in [0.4, 0.5) is 0 Å². The summed E-state index contributed by atoms with van der Waals surface area (Å²) in [5.74, 6) is -0.0725. The Balaban J connectivity index is 2.06. The fourth-order valence-electron chi connectivity index (χ4n) is 2.80. The monoisotopic (exact) mass is 277 g/mol. The Hall–Kier alpha value is -1.39. The summed E-state index contributed by atoms with van der Waals surface area (Å²) in [7, 11) is 1.52. The van der Waals surface area contributed by atoms with Gasteiger partial charge in [0.05, 0.1) is 5.60 Å². The summed E-state index contributed by atoms with van der Waals surface area (Å²) < 4.78 is 4.95. The van der Waals surface area contributed by atoms with E-state index in [9.17, 15) is 9.90 Å². The van der Waals surface area contributed by atoms with E-state index in [2.05, 4.69) is 0 Å². The van der Waals surface area contributed by atoms with Crippen LogP contribution in [-0.2, 0) is 16.1 Å². The molecule has 0 saturated heterocycles. The van der Waals surface area contributed by atoms with Gasteiger partial charge in [-0.05, 0) is 18.4 Å². The number of aliphatic hydroxyl groups is 1. The average molecular weight is 277 g/mol. The second kappa shape index (κ2) is 6.86. The fraction of sp³-hybridized carbons (Fsp3) is 0.562. The van der Waals surface area contributed by atoms with Crippen molar-refractivity contribution in [2.45, 2.75) is 37.8 Å². The van der Waals surface area contributed by atoms with E-state index in [-0.39, 0.29) is 12.5 Å². The van der Waals surface area contributed by atoms with Crippen molar-refractivity contribution in [1.82, 2.24) is 4.90 Å². The predicted octanol–water partition coefficient (Wildman–Crippen LogP) is 1.97. The molecule has 1 aliphatic carbocycles. The highest BCUT2D eigenvalue weighted by Crippen LogP contribution is 2.30. The molecule has 2 rings (SSSR count). The van der Waals surface area contributed by atoms with Crippen molar-refractivity contribution in [3.05, 3.63) is 35.9 Å². The van der Waals surface area contributed by atoms with Crippen LogP contribution < -0.4 is 0 Å². The number of ether oxygens (including phenoxy) is 1. The number of rotatable bonds is 6. The van der Waals surface area contributed by atoms with Crippen LogP contribution in [0, 0.1) is 0 Å².